The van der Waals surface area contributed by atoms with E-state index in [2.05, 4.69) is 56.4 Å². The Balaban J connectivity index is 0.00000169. The zero-order valence-electron chi connectivity index (χ0n) is 8.75. The number of hydrogen-bond donors (Lipinski definition) is 1. The van der Waals surface area contributed by atoms with E-state index in [0.29, 0.717) is 12.0 Å². The van der Waals surface area contributed by atoms with E-state index in [0.717, 1.165) is 6.54 Å². The highest BCUT2D eigenvalue weighted by atomic mass is 14.9. The third-order valence-electron chi connectivity index (χ3n) is 2.25. The molecule has 1 nitrogen and oxygen atoms in total. The van der Waals surface area contributed by atoms with Crippen molar-refractivity contribution in [3.63, 3.8) is 0 Å². The molecule has 1 aromatic carbocycles. The fourth-order valence-corrected chi connectivity index (χ4v) is 1.62. The Hall–Kier alpha value is -0.820. The summed E-state index contributed by atoms with van der Waals surface area (Å²) < 4.78 is 0. The normalized spacial score (nSPS) is 12.3. The van der Waals surface area contributed by atoms with Gasteiger partial charge >= 0.3 is 0 Å². The molecular formula is C13H23N. The summed E-state index contributed by atoms with van der Waals surface area (Å²) in [6, 6.07) is 11.1. The van der Waals surface area contributed by atoms with Gasteiger partial charge < -0.3 is 5.32 Å². The van der Waals surface area contributed by atoms with Crippen molar-refractivity contribution < 1.29 is 0 Å². The van der Waals surface area contributed by atoms with Crippen LogP contribution in [0.4, 0.5) is 0 Å². The van der Waals surface area contributed by atoms with Crippen LogP contribution in [-0.4, -0.2) is 6.54 Å². The van der Waals surface area contributed by atoms with Crippen molar-refractivity contribution in [2.24, 2.45) is 5.92 Å². The highest BCUT2D eigenvalue weighted by Gasteiger charge is 2.12. The van der Waals surface area contributed by atoms with Crippen molar-refractivity contribution >= 4 is 0 Å². The van der Waals surface area contributed by atoms with Crippen molar-refractivity contribution in [3.05, 3.63) is 35.9 Å². The minimum absolute atomic E-state index is 0. The molecule has 1 unspecified atom stereocenters. The zero-order valence-corrected chi connectivity index (χ0v) is 8.75. The molecule has 0 aliphatic heterocycles. The highest BCUT2D eigenvalue weighted by Crippen LogP contribution is 2.20. The van der Waals surface area contributed by atoms with Gasteiger partial charge in [0.1, 0.15) is 0 Å². The lowest BCUT2D eigenvalue weighted by Crippen LogP contribution is -2.25. The minimum Gasteiger partial charge on any atom is -0.310 e. The van der Waals surface area contributed by atoms with Gasteiger partial charge in [-0.1, -0.05) is 58.5 Å². The van der Waals surface area contributed by atoms with E-state index in [9.17, 15) is 0 Å². The van der Waals surface area contributed by atoms with Gasteiger partial charge in [-0.05, 0) is 18.0 Å². The molecule has 0 saturated heterocycles. The van der Waals surface area contributed by atoms with Crippen LogP contribution in [0, 0.1) is 5.92 Å². The van der Waals surface area contributed by atoms with Crippen molar-refractivity contribution in [2.75, 3.05) is 6.54 Å². The van der Waals surface area contributed by atoms with E-state index in [1.807, 2.05) is 0 Å². The quantitative estimate of drug-likeness (QED) is 0.770. The molecule has 0 aromatic heterocycles. The predicted octanol–water partition coefficient (Wildman–Crippen LogP) is 3.63. The van der Waals surface area contributed by atoms with Gasteiger partial charge in [0.25, 0.3) is 0 Å². The second-order valence-corrected chi connectivity index (χ2v) is 3.69. The first-order valence-corrected chi connectivity index (χ1v) is 5.04. The van der Waals surface area contributed by atoms with Gasteiger partial charge in [0.2, 0.25) is 0 Å². The smallest absolute Gasteiger partial charge is 0.0343 e. The Kier molecular flexibility index (Phi) is 6.22. The van der Waals surface area contributed by atoms with Crippen molar-refractivity contribution in [1.29, 1.82) is 0 Å². The summed E-state index contributed by atoms with van der Waals surface area (Å²) in [5, 5.41) is 3.50. The van der Waals surface area contributed by atoms with Crippen LogP contribution in [0.3, 0.4) is 0 Å². The monoisotopic (exact) mass is 193 g/mol. The van der Waals surface area contributed by atoms with Crippen LogP contribution < -0.4 is 5.32 Å². The van der Waals surface area contributed by atoms with Crippen LogP contribution in [0.5, 0.6) is 0 Å². The summed E-state index contributed by atoms with van der Waals surface area (Å²) in [7, 11) is 0. The summed E-state index contributed by atoms with van der Waals surface area (Å²) in [6.45, 7) is 7.68. The van der Waals surface area contributed by atoms with Gasteiger partial charge in [0, 0.05) is 6.04 Å². The average Bonchev–Trinajstić information content (AvgIpc) is 2.15. The summed E-state index contributed by atoms with van der Waals surface area (Å²) in [5.41, 5.74) is 1.39. The number of hydrogen-bond acceptors (Lipinski definition) is 1. The molecule has 0 radical (unpaired) electrons. The molecule has 0 heterocycles. The molecule has 1 rings (SSSR count). The van der Waals surface area contributed by atoms with E-state index in [1.54, 1.807) is 0 Å². The first-order valence-electron chi connectivity index (χ1n) is 5.04. The molecular weight excluding hydrogens is 170 g/mol. The molecule has 0 aliphatic carbocycles. The van der Waals surface area contributed by atoms with E-state index in [1.165, 1.54) is 5.56 Å². The molecule has 80 valence electrons. The summed E-state index contributed by atoms with van der Waals surface area (Å²) >= 11 is 0. The molecule has 1 atom stereocenters. The maximum Gasteiger partial charge on any atom is 0.0343 e. The number of benzene rings is 1. The first kappa shape index (κ1) is 13.2. The van der Waals surface area contributed by atoms with E-state index in [4.69, 9.17) is 0 Å². The van der Waals surface area contributed by atoms with Crippen molar-refractivity contribution in [3.8, 4) is 0 Å². The molecule has 0 aliphatic rings. The lowest BCUT2D eigenvalue weighted by atomic mass is 9.96. The molecule has 0 amide bonds. The van der Waals surface area contributed by atoms with Gasteiger partial charge in [0.15, 0.2) is 0 Å². The maximum atomic E-state index is 3.50. The molecule has 1 heteroatoms. The molecule has 1 N–H and O–H groups in total. The Morgan fingerprint density at radius 3 is 2.14 bits per heavy atom. The second-order valence-electron chi connectivity index (χ2n) is 3.69. The van der Waals surface area contributed by atoms with Crippen molar-refractivity contribution in [1.82, 2.24) is 5.32 Å². The van der Waals surface area contributed by atoms with Crippen LogP contribution >= 0.6 is 0 Å². The van der Waals surface area contributed by atoms with Crippen LogP contribution in [0.25, 0.3) is 0 Å². The standard InChI is InChI=1S/C12H19N.CH4/c1-4-13-12(10(2)3)11-8-6-5-7-9-11;/h5-10,12-13H,4H2,1-3H3;1H4. The van der Waals surface area contributed by atoms with Crippen LogP contribution in [0.15, 0.2) is 30.3 Å². The van der Waals surface area contributed by atoms with E-state index >= 15 is 0 Å². The SMILES string of the molecule is C.CCNC(c1ccccc1)C(C)C. The Bertz CT molecular complexity index is 228. The Morgan fingerprint density at radius 1 is 1.14 bits per heavy atom. The number of nitrogens with one attached hydrogen (secondary N) is 1. The lowest BCUT2D eigenvalue weighted by molar-refractivity contribution is 0.422. The van der Waals surface area contributed by atoms with E-state index in [-0.39, 0.29) is 7.43 Å². The molecule has 0 bridgehead atoms. The van der Waals surface area contributed by atoms with Gasteiger partial charge in [0.05, 0.1) is 0 Å². The molecule has 0 spiro atoms. The summed E-state index contributed by atoms with van der Waals surface area (Å²) in [5.74, 6) is 0.641. The fourth-order valence-electron chi connectivity index (χ4n) is 1.62. The molecule has 0 saturated carbocycles. The van der Waals surface area contributed by atoms with Gasteiger partial charge in [-0.3, -0.25) is 0 Å². The molecule has 0 fully saturated rings. The average molecular weight is 193 g/mol. The van der Waals surface area contributed by atoms with Gasteiger partial charge in [-0.15, -0.1) is 0 Å². The maximum absolute atomic E-state index is 3.50. The third kappa shape index (κ3) is 3.51. The third-order valence-corrected chi connectivity index (χ3v) is 2.25. The largest absolute Gasteiger partial charge is 0.310 e. The van der Waals surface area contributed by atoms with Gasteiger partial charge in [-0.2, -0.15) is 0 Å². The Morgan fingerprint density at radius 2 is 1.71 bits per heavy atom. The topological polar surface area (TPSA) is 12.0 Å². The van der Waals surface area contributed by atoms with Crippen LogP contribution in [0.1, 0.15) is 39.8 Å². The molecule has 1 aromatic rings. The second kappa shape index (κ2) is 6.61. The molecule has 14 heavy (non-hydrogen) atoms. The first-order chi connectivity index (χ1) is 6.25. The van der Waals surface area contributed by atoms with Crippen LogP contribution in [0.2, 0.25) is 0 Å². The lowest BCUT2D eigenvalue weighted by Gasteiger charge is -2.22. The predicted molar refractivity (Wildman–Crippen MR) is 64.4 cm³/mol. The van der Waals surface area contributed by atoms with Gasteiger partial charge in [-0.25, -0.2) is 0 Å². The van der Waals surface area contributed by atoms with E-state index < -0.39 is 0 Å². The zero-order chi connectivity index (χ0) is 9.68. The number of rotatable bonds is 4. The summed E-state index contributed by atoms with van der Waals surface area (Å²) in [4.78, 5) is 0. The van der Waals surface area contributed by atoms with Crippen LogP contribution in [-0.2, 0) is 0 Å². The summed E-state index contributed by atoms with van der Waals surface area (Å²) in [6.07, 6.45) is 0. The fraction of sp³-hybridized carbons (Fsp3) is 0.538. The Labute approximate surface area is 88.5 Å². The minimum atomic E-state index is 0. The van der Waals surface area contributed by atoms with Crippen molar-refractivity contribution in [2.45, 2.75) is 34.2 Å². The highest BCUT2D eigenvalue weighted by molar-refractivity contribution is 5.19.